The quantitative estimate of drug-likeness (QED) is 0.136. The topological polar surface area (TPSA) is 138 Å². The van der Waals surface area contributed by atoms with Crippen LogP contribution >= 0.6 is 0 Å². The summed E-state index contributed by atoms with van der Waals surface area (Å²) in [5.74, 6) is 0. The summed E-state index contributed by atoms with van der Waals surface area (Å²) in [7, 11) is 0. The third-order valence-corrected chi connectivity index (χ3v) is 3.86. The molecule has 0 aliphatic heterocycles. The Kier molecular flexibility index (Phi) is 14.9. The second-order valence-electron chi connectivity index (χ2n) is 6.87. The van der Waals surface area contributed by atoms with Gasteiger partial charge < -0.3 is 30.6 Å². The second kappa shape index (κ2) is 15.7. The van der Waals surface area contributed by atoms with Crippen molar-refractivity contribution in [2.45, 2.75) is 82.1 Å². The van der Waals surface area contributed by atoms with Crippen molar-refractivity contribution in [2.75, 3.05) is 0 Å². The summed E-state index contributed by atoms with van der Waals surface area (Å²) in [6, 6.07) is 0. The van der Waals surface area contributed by atoms with Crippen molar-refractivity contribution in [2.24, 2.45) is 0 Å². The number of aliphatic hydroxyl groups excluding tert-OH is 6. The van der Waals surface area contributed by atoms with Gasteiger partial charge in [-0.3, -0.25) is 4.79 Å². The Labute approximate surface area is 161 Å². The first-order chi connectivity index (χ1) is 12.7. The molecule has 0 amide bonds. The number of allylic oxidation sites excluding steroid dienone is 5. The highest BCUT2D eigenvalue weighted by atomic mass is 16.3. The number of aldehydes is 1. The maximum atomic E-state index is 10.1. The fourth-order valence-electron chi connectivity index (χ4n) is 2.68. The van der Waals surface area contributed by atoms with Crippen LogP contribution in [0.15, 0.2) is 36.5 Å². The zero-order valence-electron chi connectivity index (χ0n) is 15.8. The number of carbonyl (C=O) groups excluding carboxylic acids is 1. The zero-order chi connectivity index (χ0) is 20.7. The molecule has 0 saturated heterocycles. The predicted molar refractivity (Wildman–Crippen MR) is 103 cm³/mol. The van der Waals surface area contributed by atoms with Crippen molar-refractivity contribution in [1.82, 2.24) is 0 Å². The van der Waals surface area contributed by atoms with Gasteiger partial charge in [0.05, 0.1) is 36.6 Å². The highest BCUT2D eigenvalue weighted by molar-refractivity contribution is 5.65. The molecule has 0 aromatic carbocycles. The van der Waals surface area contributed by atoms with E-state index in [-0.39, 0.29) is 32.1 Å². The largest absolute Gasteiger partial charge is 0.393 e. The van der Waals surface area contributed by atoms with Crippen LogP contribution < -0.4 is 0 Å². The van der Waals surface area contributed by atoms with Crippen LogP contribution in [-0.2, 0) is 4.79 Å². The Balaban J connectivity index is 4.05. The van der Waals surface area contributed by atoms with Gasteiger partial charge in [0.2, 0.25) is 0 Å². The van der Waals surface area contributed by atoms with Crippen molar-refractivity contribution >= 4 is 6.29 Å². The molecule has 0 heterocycles. The number of carbonyl (C=O) groups is 1. The van der Waals surface area contributed by atoms with Crippen LogP contribution in [0.4, 0.5) is 0 Å². The molecule has 0 spiro atoms. The van der Waals surface area contributed by atoms with Crippen molar-refractivity contribution in [1.29, 1.82) is 0 Å². The molecule has 7 nitrogen and oxygen atoms in total. The maximum Gasteiger partial charge on any atom is 0.142 e. The second-order valence-corrected chi connectivity index (χ2v) is 6.87. The molecule has 0 bridgehead atoms. The summed E-state index contributed by atoms with van der Waals surface area (Å²) in [6.07, 6.45) is 5.98. The molecule has 0 saturated carbocycles. The van der Waals surface area contributed by atoms with E-state index in [0.29, 0.717) is 12.7 Å². The van der Waals surface area contributed by atoms with Crippen LogP contribution in [0.3, 0.4) is 0 Å². The monoisotopic (exact) mass is 386 g/mol. The number of hydrogen-bond donors (Lipinski definition) is 6. The van der Waals surface area contributed by atoms with Crippen molar-refractivity contribution < 1.29 is 35.4 Å². The van der Waals surface area contributed by atoms with Crippen LogP contribution in [-0.4, -0.2) is 73.5 Å². The van der Waals surface area contributed by atoms with E-state index in [4.69, 9.17) is 0 Å². The lowest BCUT2D eigenvalue weighted by molar-refractivity contribution is -0.104. The summed E-state index contributed by atoms with van der Waals surface area (Å²) in [4.78, 5) is 10.1. The molecule has 6 unspecified atom stereocenters. The Morgan fingerprint density at radius 2 is 1.00 bits per heavy atom. The molecule has 0 fully saturated rings. The van der Waals surface area contributed by atoms with E-state index in [1.165, 1.54) is 6.08 Å². The van der Waals surface area contributed by atoms with E-state index in [2.05, 4.69) is 0 Å². The number of hydrogen-bond acceptors (Lipinski definition) is 7. The summed E-state index contributed by atoms with van der Waals surface area (Å²) in [5.41, 5.74) is 0. The van der Waals surface area contributed by atoms with Crippen LogP contribution in [0.25, 0.3) is 0 Å². The van der Waals surface area contributed by atoms with Gasteiger partial charge in [0.1, 0.15) is 6.29 Å². The summed E-state index contributed by atoms with van der Waals surface area (Å²) in [5, 5.41) is 58.4. The average Bonchev–Trinajstić information content (AvgIpc) is 2.52. The molecule has 6 N–H and O–H groups in total. The third-order valence-electron chi connectivity index (χ3n) is 3.86. The van der Waals surface area contributed by atoms with Gasteiger partial charge in [-0.1, -0.05) is 30.4 Å². The lowest BCUT2D eigenvalue weighted by Crippen LogP contribution is -2.28. The fraction of sp³-hybridized carbons (Fsp3) is 0.650. The van der Waals surface area contributed by atoms with Crippen LogP contribution in [0.5, 0.6) is 0 Å². The highest BCUT2D eigenvalue weighted by Crippen LogP contribution is 2.15. The van der Waals surface area contributed by atoms with E-state index in [9.17, 15) is 35.4 Å². The molecule has 0 aliphatic carbocycles. The van der Waals surface area contributed by atoms with Gasteiger partial charge in [-0.15, -0.1) is 0 Å². The summed E-state index contributed by atoms with van der Waals surface area (Å²) in [6.45, 7) is 1.54. The molecule has 6 atom stereocenters. The van der Waals surface area contributed by atoms with Gasteiger partial charge >= 0.3 is 0 Å². The summed E-state index contributed by atoms with van der Waals surface area (Å²) < 4.78 is 0. The third kappa shape index (κ3) is 16.5. The molecule has 0 aliphatic rings. The molecule has 27 heavy (non-hydrogen) atoms. The minimum atomic E-state index is -0.955. The van der Waals surface area contributed by atoms with Gasteiger partial charge in [-0.2, -0.15) is 0 Å². The molecule has 0 aromatic heterocycles. The predicted octanol–water partition coefficient (Wildman–Crippen LogP) is 0.380. The first-order valence-corrected chi connectivity index (χ1v) is 9.26. The Bertz CT molecular complexity index is 459. The maximum absolute atomic E-state index is 10.1. The van der Waals surface area contributed by atoms with E-state index < -0.39 is 36.6 Å². The van der Waals surface area contributed by atoms with Gasteiger partial charge in [0, 0.05) is 0 Å². The minimum Gasteiger partial charge on any atom is -0.393 e. The molecule has 0 radical (unpaired) electrons. The SMILES string of the molecule is CC(O)CC(O)CC(O)CC(O)CC(O)CC(O)CC=CC=CC=CC=O. The lowest BCUT2D eigenvalue weighted by atomic mass is 9.97. The van der Waals surface area contributed by atoms with Crippen molar-refractivity contribution in [3.05, 3.63) is 36.5 Å². The molecule has 7 heteroatoms. The summed E-state index contributed by atoms with van der Waals surface area (Å²) >= 11 is 0. The molecular weight excluding hydrogens is 352 g/mol. The van der Waals surface area contributed by atoms with Gasteiger partial charge in [-0.05, 0) is 51.5 Å². The van der Waals surface area contributed by atoms with Crippen molar-refractivity contribution in [3.8, 4) is 0 Å². The first-order valence-electron chi connectivity index (χ1n) is 9.26. The molecule has 156 valence electrons. The van der Waals surface area contributed by atoms with Crippen molar-refractivity contribution in [3.63, 3.8) is 0 Å². The molecule has 0 aromatic rings. The van der Waals surface area contributed by atoms with Gasteiger partial charge in [0.15, 0.2) is 0 Å². The standard InChI is InChI=1S/C20H34O7/c1-15(22)10-17(24)12-19(26)14-20(27)13-18(25)11-16(23)8-6-4-2-3-5-7-9-21/h2-7,9,15-20,22-27H,8,10-14H2,1H3. The molecular formula is C20H34O7. The van der Waals surface area contributed by atoms with Gasteiger partial charge in [0.25, 0.3) is 0 Å². The first kappa shape index (κ1) is 25.6. The lowest BCUT2D eigenvalue weighted by Gasteiger charge is -2.21. The van der Waals surface area contributed by atoms with Crippen LogP contribution in [0, 0.1) is 0 Å². The smallest absolute Gasteiger partial charge is 0.142 e. The van der Waals surface area contributed by atoms with E-state index in [1.807, 2.05) is 0 Å². The normalized spacial score (nSPS) is 19.4. The Hall–Kier alpha value is -1.35. The van der Waals surface area contributed by atoms with Crippen LogP contribution in [0.2, 0.25) is 0 Å². The molecule has 0 rings (SSSR count). The van der Waals surface area contributed by atoms with E-state index in [1.54, 1.807) is 37.3 Å². The average molecular weight is 386 g/mol. The number of rotatable bonds is 15. The Morgan fingerprint density at radius 3 is 1.48 bits per heavy atom. The zero-order valence-corrected chi connectivity index (χ0v) is 15.8. The fourth-order valence-corrected chi connectivity index (χ4v) is 2.68. The van der Waals surface area contributed by atoms with E-state index >= 15 is 0 Å². The van der Waals surface area contributed by atoms with Gasteiger partial charge in [-0.25, -0.2) is 0 Å². The van der Waals surface area contributed by atoms with Crippen LogP contribution in [0.1, 0.15) is 45.4 Å². The highest BCUT2D eigenvalue weighted by Gasteiger charge is 2.20. The van der Waals surface area contributed by atoms with E-state index in [0.717, 1.165) is 0 Å². The minimum absolute atomic E-state index is 0.00300. The number of aliphatic hydroxyl groups is 6. The Morgan fingerprint density at radius 1 is 0.593 bits per heavy atom.